The van der Waals surface area contributed by atoms with Crippen LogP contribution in [0.2, 0.25) is 5.02 Å². The van der Waals surface area contributed by atoms with Crippen LogP contribution >= 0.6 is 23.2 Å². The lowest BCUT2D eigenvalue weighted by atomic mass is 10.1. The van der Waals surface area contributed by atoms with E-state index in [0.717, 1.165) is 4.90 Å². The minimum Gasteiger partial charge on any atom is -0.506 e. The van der Waals surface area contributed by atoms with Crippen molar-refractivity contribution in [2.75, 3.05) is 15.5 Å². The molecule has 3 amide bonds. The third-order valence-electron chi connectivity index (χ3n) is 4.67. The second kappa shape index (κ2) is 8.74. The number of para-hydroxylation sites is 3. The molecule has 160 valence electrons. The fraction of sp³-hybridized carbons (Fsp3) is 0. The summed E-state index contributed by atoms with van der Waals surface area (Å²) < 4.78 is 0. The maximum Gasteiger partial charge on any atom is 0.283 e. The number of hydrogen-bond donors (Lipinski definition) is 3. The standard InChI is InChI=1S/C23H15Cl2N3O4/c24-15-8-1-3-10-17(15)28-22(31)19(25)20(23(28)32)26-14-7-5-6-13(12-14)21(30)27-16-9-2-4-11-18(16)29/h1-12,26,29H,(H,27,30). The molecule has 32 heavy (non-hydrogen) atoms. The van der Waals surface area contributed by atoms with Crippen molar-refractivity contribution in [1.82, 2.24) is 0 Å². The van der Waals surface area contributed by atoms with Gasteiger partial charge in [-0.05, 0) is 42.5 Å². The highest BCUT2D eigenvalue weighted by Crippen LogP contribution is 2.34. The van der Waals surface area contributed by atoms with Gasteiger partial charge >= 0.3 is 0 Å². The summed E-state index contributed by atoms with van der Waals surface area (Å²) in [4.78, 5) is 39.0. The van der Waals surface area contributed by atoms with Crippen molar-refractivity contribution >= 4 is 58.0 Å². The normalized spacial score (nSPS) is 13.5. The number of carbonyl (C=O) groups is 3. The minimum atomic E-state index is -0.708. The first-order valence-corrected chi connectivity index (χ1v) is 10.1. The van der Waals surface area contributed by atoms with E-state index in [2.05, 4.69) is 10.6 Å². The first kappa shape index (κ1) is 21.4. The van der Waals surface area contributed by atoms with Gasteiger partial charge in [0.25, 0.3) is 17.7 Å². The van der Waals surface area contributed by atoms with Gasteiger partial charge in [0.05, 0.1) is 16.4 Å². The molecule has 1 heterocycles. The van der Waals surface area contributed by atoms with Crippen LogP contribution in [0.15, 0.2) is 83.5 Å². The van der Waals surface area contributed by atoms with Gasteiger partial charge in [-0.15, -0.1) is 0 Å². The number of hydrogen-bond acceptors (Lipinski definition) is 5. The first-order chi connectivity index (χ1) is 15.4. The van der Waals surface area contributed by atoms with Crippen LogP contribution in [0.4, 0.5) is 17.1 Å². The number of benzene rings is 3. The summed E-state index contributed by atoms with van der Waals surface area (Å²) in [5, 5.41) is 15.2. The Morgan fingerprint density at radius 3 is 2.34 bits per heavy atom. The van der Waals surface area contributed by atoms with Crippen LogP contribution in [0.25, 0.3) is 0 Å². The molecular formula is C23H15Cl2N3O4. The Labute approximate surface area is 192 Å². The number of amides is 3. The maximum absolute atomic E-state index is 12.9. The van der Waals surface area contributed by atoms with Crippen LogP contribution in [0, 0.1) is 0 Å². The van der Waals surface area contributed by atoms with Crippen molar-refractivity contribution in [2.45, 2.75) is 0 Å². The molecule has 0 aromatic heterocycles. The third-order valence-corrected chi connectivity index (χ3v) is 5.34. The number of phenolic OH excluding ortho intramolecular Hbond substituents is 1. The highest BCUT2D eigenvalue weighted by atomic mass is 35.5. The fourth-order valence-electron chi connectivity index (χ4n) is 3.12. The smallest absolute Gasteiger partial charge is 0.283 e. The Hall–Kier alpha value is -3.81. The maximum atomic E-state index is 12.9. The van der Waals surface area contributed by atoms with E-state index in [4.69, 9.17) is 23.2 Å². The molecule has 3 N–H and O–H groups in total. The number of imide groups is 1. The molecule has 0 saturated heterocycles. The SMILES string of the molecule is O=C(Nc1ccccc1O)c1cccc(NC2=C(Cl)C(=O)N(c3ccccc3Cl)C2=O)c1. The molecule has 1 aliphatic heterocycles. The zero-order valence-electron chi connectivity index (χ0n) is 16.3. The molecule has 4 rings (SSSR count). The zero-order valence-corrected chi connectivity index (χ0v) is 17.8. The Balaban J connectivity index is 1.56. The topological polar surface area (TPSA) is 98.7 Å². The second-order valence-corrected chi connectivity index (χ2v) is 7.55. The summed E-state index contributed by atoms with van der Waals surface area (Å²) in [7, 11) is 0. The zero-order chi connectivity index (χ0) is 22.8. The van der Waals surface area contributed by atoms with Crippen molar-refractivity contribution in [1.29, 1.82) is 0 Å². The number of aromatic hydroxyl groups is 1. The number of nitrogens with one attached hydrogen (secondary N) is 2. The van der Waals surface area contributed by atoms with Crippen LogP contribution < -0.4 is 15.5 Å². The van der Waals surface area contributed by atoms with Gasteiger partial charge in [-0.25, -0.2) is 4.90 Å². The van der Waals surface area contributed by atoms with Crippen molar-refractivity contribution in [3.8, 4) is 5.75 Å². The Bertz CT molecular complexity index is 1290. The van der Waals surface area contributed by atoms with Gasteiger partial charge in [0.2, 0.25) is 0 Å². The van der Waals surface area contributed by atoms with E-state index in [9.17, 15) is 19.5 Å². The van der Waals surface area contributed by atoms with Gasteiger partial charge in [-0.3, -0.25) is 14.4 Å². The third kappa shape index (κ3) is 4.03. The van der Waals surface area contributed by atoms with Gasteiger partial charge in [0.1, 0.15) is 16.5 Å². The van der Waals surface area contributed by atoms with E-state index in [1.165, 1.54) is 18.2 Å². The Morgan fingerprint density at radius 2 is 1.59 bits per heavy atom. The minimum absolute atomic E-state index is 0.0678. The molecule has 0 aliphatic carbocycles. The number of phenols is 1. The molecule has 0 unspecified atom stereocenters. The molecule has 0 radical (unpaired) electrons. The number of carbonyl (C=O) groups excluding carboxylic acids is 3. The van der Waals surface area contributed by atoms with E-state index >= 15 is 0 Å². The lowest BCUT2D eigenvalue weighted by Gasteiger charge is -2.16. The lowest BCUT2D eigenvalue weighted by Crippen LogP contribution is -2.32. The van der Waals surface area contributed by atoms with Gasteiger partial charge in [0, 0.05) is 11.3 Å². The van der Waals surface area contributed by atoms with Crippen molar-refractivity contribution in [3.05, 3.63) is 94.1 Å². The summed E-state index contributed by atoms with van der Waals surface area (Å²) in [6, 6.07) is 19.0. The van der Waals surface area contributed by atoms with E-state index in [0.29, 0.717) is 5.69 Å². The molecule has 0 saturated carbocycles. The highest BCUT2D eigenvalue weighted by molar-refractivity contribution is 6.53. The van der Waals surface area contributed by atoms with Crippen molar-refractivity contribution in [2.24, 2.45) is 0 Å². The van der Waals surface area contributed by atoms with E-state index in [-0.39, 0.29) is 38.4 Å². The van der Waals surface area contributed by atoms with E-state index < -0.39 is 17.7 Å². The first-order valence-electron chi connectivity index (χ1n) is 9.36. The average molecular weight is 468 g/mol. The second-order valence-electron chi connectivity index (χ2n) is 6.76. The van der Waals surface area contributed by atoms with Gasteiger partial charge in [-0.1, -0.05) is 53.5 Å². The molecule has 3 aromatic carbocycles. The molecule has 3 aromatic rings. The van der Waals surface area contributed by atoms with Crippen LogP contribution in [-0.4, -0.2) is 22.8 Å². The largest absolute Gasteiger partial charge is 0.506 e. The van der Waals surface area contributed by atoms with Crippen LogP contribution in [0.1, 0.15) is 10.4 Å². The lowest BCUT2D eigenvalue weighted by molar-refractivity contribution is -0.120. The summed E-state index contributed by atoms with van der Waals surface area (Å²) >= 11 is 12.3. The summed E-state index contributed by atoms with van der Waals surface area (Å²) in [5.41, 5.74) is 0.971. The fourth-order valence-corrected chi connectivity index (χ4v) is 3.55. The number of anilines is 3. The molecule has 7 nitrogen and oxygen atoms in total. The van der Waals surface area contributed by atoms with Gasteiger partial charge in [0.15, 0.2) is 0 Å². The monoisotopic (exact) mass is 467 g/mol. The number of rotatable bonds is 5. The van der Waals surface area contributed by atoms with E-state index in [1.54, 1.807) is 54.6 Å². The van der Waals surface area contributed by atoms with Crippen LogP contribution in [0.5, 0.6) is 5.75 Å². The Kier molecular flexibility index (Phi) is 5.85. The molecule has 0 atom stereocenters. The van der Waals surface area contributed by atoms with Crippen molar-refractivity contribution < 1.29 is 19.5 Å². The molecule has 9 heteroatoms. The van der Waals surface area contributed by atoms with Gasteiger partial charge < -0.3 is 15.7 Å². The number of nitrogens with zero attached hydrogens (tertiary/aromatic N) is 1. The average Bonchev–Trinajstić information content (AvgIpc) is 2.99. The van der Waals surface area contributed by atoms with Gasteiger partial charge in [-0.2, -0.15) is 0 Å². The quantitative estimate of drug-likeness (QED) is 0.372. The number of halogens is 2. The van der Waals surface area contributed by atoms with Crippen molar-refractivity contribution in [3.63, 3.8) is 0 Å². The molecule has 0 fully saturated rings. The molecular weight excluding hydrogens is 453 g/mol. The summed E-state index contributed by atoms with van der Waals surface area (Å²) in [6.45, 7) is 0. The predicted molar refractivity (Wildman–Crippen MR) is 123 cm³/mol. The van der Waals surface area contributed by atoms with Crippen LogP contribution in [-0.2, 0) is 9.59 Å². The molecule has 0 spiro atoms. The summed E-state index contributed by atoms with van der Waals surface area (Å²) in [5.74, 6) is -1.92. The predicted octanol–water partition coefficient (Wildman–Crippen LogP) is 4.73. The molecule has 0 bridgehead atoms. The van der Waals surface area contributed by atoms with Crippen LogP contribution in [0.3, 0.4) is 0 Å². The van der Waals surface area contributed by atoms with E-state index in [1.807, 2.05) is 0 Å². The Morgan fingerprint density at radius 1 is 0.875 bits per heavy atom. The molecule has 1 aliphatic rings. The highest BCUT2D eigenvalue weighted by Gasteiger charge is 2.39. The summed E-state index contributed by atoms with van der Waals surface area (Å²) in [6.07, 6.45) is 0.